The number of hydrogen-bond donors (Lipinski definition) is 1. The highest BCUT2D eigenvalue weighted by atomic mass is 35.5. The zero-order valence-electron chi connectivity index (χ0n) is 9.96. The molecular formula is C9H12ClN7O. The summed E-state index contributed by atoms with van der Waals surface area (Å²) in [4.78, 5) is 17.8. The van der Waals surface area contributed by atoms with E-state index in [0.29, 0.717) is 30.7 Å². The third-order valence-electron chi connectivity index (χ3n) is 2.03. The molecule has 0 radical (unpaired) electrons. The number of anilines is 2. The SMILES string of the molecule is CN(C)c1nc(Cl)nc(NCCc2ncon2)n1. The lowest BCUT2D eigenvalue weighted by Crippen LogP contribution is -2.16. The Kier molecular flexibility index (Phi) is 3.88. The topological polar surface area (TPSA) is 92.9 Å². The maximum absolute atomic E-state index is 5.80. The molecule has 9 heteroatoms. The standard InChI is InChI=1S/C9H12ClN7O/c1-17(2)9-14-7(10)13-8(15-9)11-4-3-6-12-5-18-16-6/h5H,3-4H2,1-2H3,(H,11,13,14,15). The smallest absolute Gasteiger partial charge is 0.230 e. The average Bonchev–Trinajstić information content (AvgIpc) is 2.81. The van der Waals surface area contributed by atoms with Crippen LogP contribution in [0, 0.1) is 0 Å². The quantitative estimate of drug-likeness (QED) is 0.845. The summed E-state index contributed by atoms with van der Waals surface area (Å²) < 4.78 is 4.63. The van der Waals surface area contributed by atoms with Gasteiger partial charge in [0, 0.05) is 27.1 Å². The van der Waals surface area contributed by atoms with E-state index in [1.807, 2.05) is 14.1 Å². The summed E-state index contributed by atoms with van der Waals surface area (Å²) in [5, 5.41) is 6.87. The van der Waals surface area contributed by atoms with E-state index in [-0.39, 0.29) is 5.28 Å². The van der Waals surface area contributed by atoms with E-state index in [2.05, 4.69) is 34.9 Å². The molecule has 0 aromatic carbocycles. The molecule has 0 aliphatic heterocycles. The first-order valence-corrected chi connectivity index (χ1v) is 5.61. The van der Waals surface area contributed by atoms with Gasteiger partial charge in [-0.05, 0) is 11.6 Å². The van der Waals surface area contributed by atoms with Gasteiger partial charge in [-0.1, -0.05) is 5.16 Å². The molecule has 0 amide bonds. The Morgan fingerprint density at radius 1 is 1.33 bits per heavy atom. The summed E-state index contributed by atoms with van der Waals surface area (Å²) in [6, 6.07) is 0. The van der Waals surface area contributed by atoms with E-state index in [9.17, 15) is 0 Å². The van der Waals surface area contributed by atoms with Crippen LogP contribution in [0.1, 0.15) is 5.82 Å². The summed E-state index contributed by atoms with van der Waals surface area (Å²) >= 11 is 5.80. The summed E-state index contributed by atoms with van der Waals surface area (Å²) in [5.41, 5.74) is 0. The van der Waals surface area contributed by atoms with E-state index in [4.69, 9.17) is 11.6 Å². The van der Waals surface area contributed by atoms with E-state index in [1.54, 1.807) is 4.90 Å². The zero-order chi connectivity index (χ0) is 13.0. The second-order valence-electron chi connectivity index (χ2n) is 3.65. The van der Waals surface area contributed by atoms with Gasteiger partial charge in [0.2, 0.25) is 23.6 Å². The van der Waals surface area contributed by atoms with Crippen LogP contribution in [-0.2, 0) is 6.42 Å². The Balaban J connectivity index is 1.96. The molecule has 0 saturated heterocycles. The average molecular weight is 270 g/mol. The first-order chi connectivity index (χ1) is 8.65. The molecule has 0 fully saturated rings. The van der Waals surface area contributed by atoms with Crippen molar-refractivity contribution in [1.29, 1.82) is 0 Å². The normalized spacial score (nSPS) is 10.4. The molecule has 0 unspecified atom stereocenters. The van der Waals surface area contributed by atoms with Gasteiger partial charge in [-0.25, -0.2) is 0 Å². The van der Waals surface area contributed by atoms with E-state index >= 15 is 0 Å². The predicted molar refractivity (Wildman–Crippen MR) is 65.7 cm³/mol. The molecule has 8 nitrogen and oxygen atoms in total. The minimum Gasteiger partial charge on any atom is -0.354 e. The van der Waals surface area contributed by atoms with Crippen LogP contribution in [0.15, 0.2) is 10.9 Å². The molecule has 18 heavy (non-hydrogen) atoms. The van der Waals surface area contributed by atoms with Crippen molar-refractivity contribution < 1.29 is 4.52 Å². The maximum Gasteiger partial charge on any atom is 0.230 e. The Morgan fingerprint density at radius 3 is 2.83 bits per heavy atom. The number of rotatable bonds is 5. The number of hydrogen-bond acceptors (Lipinski definition) is 8. The highest BCUT2D eigenvalue weighted by molar-refractivity contribution is 6.28. The van der Waals surface area contributed by atoms with Gasteiger partial charge in [-0.15, -0.1) is 0 Å². The van der Waals surface area contributed by atoms with Gasteiger partial charge in [0.15, 0.2) is 5.82 Å². The molecule has 0 aliphatic carbocycles. The van der Waals surface area contributed by atoms with Crippen molar-refractivity contribution in [2.75, 3.05) is 30.9 Å². The fourth-order valence-corrected chi connectivity index (χ4v) is 1.36. The van der Waals surface area contributed by atoms with Gasteiger partial charge in [0.25, 0.3) is 0 Å². The first-order valence-electron chi connectivity index (χ1n) is 5.23. The van der Waals surface area contributed by atoms with E-state index < -0.39 is 0 Å². The van der Waals surface area contributed by atoms with Gasteiger partial charge in [-0.3, -0.25) is 0 Å². The molecular weight excluding hydrogens is 258 g/mol. The molecule has 0 saturated carbocycles. The van der Waals surface area contributed by atoms with Gasteiger partial charge in [0.05, 0.1) is 0 Å². The molecule has 0 aliphatic rings. The second-order valence-corrected chi connectivity index (χ2v) is 3.98. The van der Waals surface area contributed by atoms with Crippen LogP contribution in [-0.4, -0.2) is 45.7 Å². The van der Waals surface area contributed by atoms with Crippen molar-refractivity contribution in [3.8, 4) is 0 Å². The molecule has 0 bridgehead atoms. The number of nitrogens with one attached hydrogen (secondary N) is 1. The van der Waals surface area contributed by atoms with E-state index in [0.717, 1.165) is 0 Å². The molecule has 0 atom stereocenters. The Bertz CT molecular complexity index is 502. The van der Waals surface area contributed by atoms with Gasteiger partial charge >= 0.3 is 0 Å². The third kappa shape index (κ3) is 3.27. The fourth-order valence-electron chi connectivity index (χ4n) is 1.21. The van der Waals surface area contributed by atoms with Crippen molar-refractivity contribution in [2.45, 2.75) is 6.42 Å². The lowest BCUT2D eigenvalue weighted by molar-refractivity contribution is 0.410. The summed E-state index contributed by atoms with van der Waals surface area (Å²) in [6.45, 7) is 0.576. The monoisotopic (exact) mass is 269 g/mol. The molecule has 2 aromatic heterocycles. The van der Waals surface area contributed by atoms with Crippen molar-refractivity contribution in [2.24, 2.45) is 0 Å². The minimum absolute atomic E-state index is 0.149. The van der Waals surface area contributed by atoms with Crippen molar-refractivity contribution in [3.63, 3.8) is 0 Å². The highest BCUT2D eigenvalue weighted by Gasteiger charge is 2.06. The first kappa shape index (κ1) is 12.5. The summed E-state index contributed by atoms with van der Waals surface area (Å²) in [7, 11) is 3.66. The van der Waals surface area contributed by atoms with Crippen LogP contribution in [0.3, 0.4) is 0 Å². The highest BCUT2D eigenvalue weighted by Crippen LogP contribution is 2.11. The van der Waals surface area contributed by atoms with Crippen molar-refractivity contribution in [3.05, 3.63) is 17.5 Å². The van der Waals surface area contributed by atoms with Crippen LogP contribution in [0.5, 0.6) is 0 Å². The van der Waals surface area contributed by atoms with Gasteiger partial charge in [0.1, 0.15) is 0 Å². The lowest BCUT2D eigenvalue weighted by atomic mass is 10.4. The second kappa shape index (κ2) is 5.58. The van der Waals surface area contributed by atoms with Crippen LogP contribution in [0.2, 0.25) is 5.28 Å². The molecule has 1 N–H and O–H groups in total. The Morgan fingerprint density at radius 2 is 2.17 bits per heavy atom. The largest absolute Gasteiger partial charge is 0.354 e. The molecule has 2 rings (SSSR count). The molecule has 2 aromatic rings. The van der Waals surface area contributed by atoms with Crippen LogP contribution < -0.4 is 10.2 Å². The number of halogens is 1. The van der Waals surface area contributed by atoms with Crippen LogP contribution >= 0.6 is 11.6 Å². The maximum atomic E-state index is 5.80. The summed E-state index contributed by atoms with van der Waals surface area (Å²) in [5.74, 6) is 1.54. The van der Waals surface area contributed by atoms with E-state index in [1.165, 1.54) is 6.39 Å². The van der Waals surface area contributed by atoms with Crippen molar-refractivity contribution >= 4 is 23.5 Å². The Labute approximate surface area is 108 Å². The molecule has 0 spiro atoms. The summed E-state index contributed by atoms with van der Waals surface area (Å²) in [6.07, 6.45) is 1.90. The van der Waals surface area contributed by atoms with Crippen LogP contribution in [0.4, 0.5) is 11.9 Å². The Hall–Kier alpha value is -1.96. The molecule has 96 valence electrons. The van der Waals surface area contributed by atoms with Gasteiger partial charge in [-0.2, -0.15) is 19.9 Å². The molecule has 2 heterocycles. The van der Waals surface area contributed by atoms with Crippen LogP contribution in [0.25, 0.3) is 0 Å². The lowest BCUT2D eigenvalue weighted by Gasteiger charge is -2.11. The third-order valence-corrected chi connectivity index (χ3v) is 2.20. The predicted octanol–water partition coefficient (Wildman–Crippen LogP) is 0.629. The van der Waals surface area contributed by atoms with Gasteiger partial charge < -0.3 is 14.7 Å². The number of aromatic nitrogens is 5. The minimum atomic E-state index is 0.149. The zero-order valence-corrected chi connectivity index (χ0v) is 10.7. The van der Waals surface area contributed by atoms with Crippen molar-refractivity contribution in [1.82, 2.24) is 25.1 Å². The fraction of sp³-hybridized carbons (Fsp3) is 0.444. The number of nitrogens with zero attached hydrogens (tertiary/aromatic N) is 6.